The summed E-state index contributed by atoms with van der Waals surface area (Å²) >= 11 is 0. The van der Waals surface area contributed by atoms with Crippen molar-refractivity contribution in [3.05, 3.63) is 29.6 Å². The summed E-state index contributed by atoms with van der Waals surface area (Å²) in [7, 11) is 0. The second-order valence-electron chi connectivity index (χ2n) is 5.23. The highest BCUT2D eigenvalue weighted by Gasteiger charge is 2.19. The summed E-state index contributed by atoms with van der Waals surface area (Å²) < 4.78 is 14.2. The minimum absolute atomic E-state index is 0.0314. The fourth-order valence-electron chi connectivity index (χ4n) is 2.48. The van der Waals surface area contributed by atoms with Crippen LogP contribution in [0, 0.1) is 5.82 Å². The van der Waals surface area contributed by atoms with Crippen molar-refractivity contribution in [1.29, 1.82) is 0 Å². The Kier molecular flexibility index (Phi) is 6.29. The van der Waals surface area contributed by atoms with Gasteiger partial charge in [0, 0.05) is 29.9 Å². The molecule has 0 amide bonds. The SMILES string of the molecule is CCCNC(C)c1c(F)cccc1N(CC)C(C)C. The van der Waals surface area contributed by atoms with Crippen LogP contribution in [0.25, 0.3) is 0 Å². The Labute approximate surface area is 117 Å². The van der Waals surface area contributed by atoms with Crippen molar-refractivity contribution in [2.45, 2.75) is 53.1 Å². The molecule has 0 fully saturated rings. The molecule has 108 valence electrons. The molecule has 1 unspecified atom stereocenters. The van der Waals surface area contributed by atoms with Crippen LogP contribution >= 0.6 is 0 Å². The van der Waals surface area contributed by atoms with E-state index in [-0.39, 0.29) is 11.9 Å². The minimum Gasteiger partial charge on any atom is -0.369 e. The van der Waals surface area contributed by atoms with Gasteiger partial charge in [0.15, 0.2) is 0 Å². The number of halogens is 1. The largest absolute Gasteiger partial charge is 0.369 e. The first-order valence-corrected chi connectivity index (χ1v) is 7.31. The Hall–Kier alpha value is -1.09. The number of hydrogen-bond donors (Lipinski definition) is 1. The fraction of sp³-hybridized carbons (Fsp3) is 0.625. The Morgan fingerprint density at radius 3 is 2.42 bits per heavy atom. The summed E-state index contributed by atoms with van der Waals surface area (Å²) in [5, 5.41) is 3.38. The molecule has 0 spiro atoms. The molecular weight excluding hydrogens is 239 g/mol. The maximum Gasteiger partial charge on any atom is 0.130 e. The first-order valence-electron chi connectivity index (χ1n) is 7.31. The van der Waals surface area contributed by atoms with Crippen molar-refractivity contribution in [2.24, 2.45) is 0 Å². The normalized spacial score (nSPS) is 12.8. The van der Waals surface area contributed by atoms with E-state index in [0.717, 1.165) is 30.8 Å². The molecule has 0 saturated carbocycles. The molecule has 1 N–H and O–H groups in total. The third kappa shape index (κ3) is 3.93. The van der Waals surface area contributed by atoms with E-state index >= 15 is 0 Å². The Morgan fingerprint density at radius 1 is 1.21 bits per heavy atom. The van der Waals surface area contributed by atoms with Crippen LogP contribution in [0.2, 0.25) is 0 Å². The second kappa shape index (κ2) is 7.49. The second-order valence-corrected chi connectivity index (χ2v) is 5.23. The number of hydrogen-bond acceptors (Lipinski definition) is 2. The third-order valence-electron chi connectivity index (χ3n) is 3.44. The standard InChI is InChI=1S/C16H27FN2/c1-6-11-18-13(5)16-14(17)9-8-10-15(16)19(7-2)12(3)4/h8-10,12-13,18H,6-7,11H2,1-5H3. The Bertz CT molecular complexity index is 390. The zero-order valence-corrected chi connectivity index (χ0v) is 12.8. The van der Waals surface area contributed by atoms with Crippen LogP contribution in [0.15, 0.2) is 18.2 Å². The first-order chi connectivity index (χ1) is 9.02. The van der Waals surface area contributed by atoms with Crippen LogP contribution in [0.5, 0.6) is 0 Å². The maximum absolute atomic E-state index is 14.2. The molecule has 0 aromatic heterocycles. The molecule has 3 heteroatoms. The van der Waals surface area contributed by atoms with Crippen molar-refractivity contribution in [3.8, 4) is 0 Å². The van der Waals surface area contributed by atoms with Gasteiger partial charge in [0.25, 0.3) is 0 Å². The highest BCUT2D eigenvalue weighted by Crippen LogP contribution is 2.30. The van der Waals surface area contributed by atoms with Gasteiger partial charge in [-0.1, -0.05) is 13.0 Å². The molecule has 1 aromatic rings. The summed E-state index contributed by atoms with van der Waals surface area (Å²) in [6.45, 7) is 12.3. The molecule has 1 rings (SSSR count). The van der Waals surface area contributed by atoms with Gasteiger partial charge in [0.2, 0.25) is 0 Å². The van der Waals surface area contributed by atoms with Crippen molar-refractivity contribution in [2.75, 3.05) is 18.0 Å². The van der Waals surface area contributed by atoms with Gasteiger partial charge in [0.05, 0.1) is 0 Å². The topological polar surface area (TPSA) is 15.3 Å². The fourth-order valence-corrected chi connectivity index (χ4v) is 2.48. The van der Waals surface area contributed by atoms with Crippen LogP contribution < -0.4 is 10.2 Å². The average molecular weight is 266 g/mol. The van der Waals surface area contributed by atoms with E-state index in [1.807, 2.05) is 13.0 Å². The molecular formula is C16H27FN2. The van der Waals surface area contributed by atoms with E-state index in [9.17, 15) is 4.39 Å². The van der Waals surface area contributed by atoms with Gasteiger partial charge in [-0.2, -0.15) is 0 Å². The van der Waals surface area contributed by atoms with Gasteiger partial charge in [-0.25, -0.2) is 4.39 Å². The van der Waals surface area contributed by atoms with Gasteiger partial charge >= 0.3 is 0 Å². The molecule has 0 heterocycles. The van der Waals surface area contributed by atoms with Crippen LogP contribution in [-0.4, -0.2) is 19.1 Å². The van der Waals surface area contributed by atoms with E-state index in [0.29, 0.717) is 6.04 Å². The smallest absolute Gasteiger partial charge is 0.130 e. The lowest BCUT2D eigenvalue weighted by molar-refractivity contribution is 0.524. The van der Waals surface area contributed by atoms with Crippen LogP contribution in [0.4, 0.5) is 10.1 Å². The molecule has 0 aliphatic heterocycles. The minimum atomic E-state index is -0.118. The van der Waals surface area contributed by atoms with E-state index in [2.05, 4.69) is 37.9 Å². The summed E-state index contributed by atoms with van der Waals surface area (Å²) in [6.07, 6.45) is 1.05. The highest BCUT2D eigenvalue weighted by molar-refractivity contribution is 5.56. The molecule has 0 radical (unpaired) electrons. The average Bonchev–Trinajstić information content (AvgIpc) is 2.36. The first kappa shape index (κ1) is 16.0. The molecule has 1 atom stereocenters. The maximum atomic E-state index is 14.2. The number of benzene rings is 1. The van der Waals surface area contributed by atoms with E-state index in [1.54, 1.807) is 12.1 Å². The van der Waals surface area contributed by atoms with Crippen molar-refractivity contribution >= 4 is 5.69 Å². The summed E-state index contributed by atoms with van der Waals surface area (Å²) in [5.74, 6) is -0.118. The molecule has 2 nitrogen and oxygen atoms in total. The van der Waals surface area contributed by atoms with E-state index in [1.165, 1.54) is 0 Å². The predicted molar refractivity (Wildman–Crippen MR) is 81.3 cm³/mol. The van der Waals surface area contributed by atoms with Gasteiger partial charge in [-0.15, -0.1) is 0 Å². The highest BCUT2D eigenvalue weighted by atomic mass is 19.1. The lowest BCUT2D eigenvalue weighted by Crippen LogP contribution is -2.33. The molecule has 19 heavy (non-hydrogen) atoms. The van der Waals surface area contributed by atoms with Crippen LogP contribution in [0.1, 0.15) is 52.6 Å². The van der Waals surface area contributed by atoms with Crippen LogP contribution in [0.3, 0.4) is 0 Å². The zero-order valence-electron chi connectivity index (χ0n) is 12.8. The van der Waals surface area contributed by atoms with E-state index < -0.39 is 0 Å². The molecule has 0 bridgehead atoms. The van der Waals surface area contributed by atoms with E-state index in [4.69, 9.17) is 0 Å². The molecule has 0 aliphatic rings. The summed E-state index contributed by atoms with van der Waals surface area (Å²) in [6, 6.07) is 5.77. The van der Waals surface area contributed by atoms with Crippen molar-refractivity contribution in [3.63, 3.8) is 0 Å². The number of nitrogens with one attached hydrogen (secondary N) is 1. The molecule has 0 saturated heterocycles. The van der Waals surface area contributed by atoms with Gasteiger partial charge in [0.1, 0.15) is 5.82 Å². The van der Waals surface area contributed by atoms with Gasteiger partial charge < -0.3 is 10.2 Å². The van der Waals surface area contributed by atoms with Gasteiger partial charge in [-0.05, 0) is 52.8 Å². The Balaban J connectivity index is 3.13. The number of rotatable bonds is 7. The zero-order chi connectivity index (χ0) is 14.4. The van der Waals surface area contributed by atoms with Crippen molar-refractivity contribution < 1.29 is 4.39 Å². The quantitative estimate of drug-likeness (QED) is 0.798. The lowest BCUT2D eigenvalue weighted by Gasteiger charge is -2.31. The molecule has 1 aromatic carbocycles. The summed E-state index contributed by atoms with van der Waals surface area (Å²) in [5.41, 5.74) is 1.79. The number of anilines is 1. The Morgan fingerprint density at radius 2 is 1.89 bits per heavy atom. The van der Waals surface area contributed by atoms with Crippen molar-refractivity contribution in [1.82, 2.24) is 5.32 Å². The predicted octanol–water partition coefficient (Wildman–Crippen LogP) is 4.12. The molecule has 0 aliphatic carbocycles. The van der Waals surface area contributed by atoms with Crippen LogP contribution in [-0.2, 0) is 0 Å². The van der Waals surface area contributed by atoms with Gasteiger partial charge in [-0.3, -0.25) is 0 Å². The third-order valence-corrected chi connectivity index (χ3v) is 3.44. The lowest BCUT2D eigenvalue weighted by atomic mass is 10.0. The monoisotopic (exact) mass is 266 g/mol. The summed E-state index contributed by atoms with van der Waals surface area (Å²) in [4.78, 5) is 2.24. The number of nitrogens with zero attached hydrogens (tertiary/aromatic N) is 1.